The molecule has 0 unspecified atom stereocenters. The molecule has 0 fully saturated rings. The van der Waals surface area contributed by atoms with Gasteiger partial charge in [-0.2, -0.15) is 11.8 Å². The van der Waals surface area contributed by atoms with Crippen LogP contribution in [-0.4, -0.2) is 37.1 Å². The monoisotopic (exact) mass is 283 g/mol. The first-order valence-corrected chi connectivity index (χ1v) is 7.71. The van der Waals surface area contributed by atoms with Gasteiger partial charge in [0.25, 0.3) is 5.69 Å². The molecule has 6 heteroatoms. The molecule has 0 aromatic heterocycles. The molecule has 1 N–H and O–H groups in total. The second-order valence-corrected chi connectivity index (χ2v) is 5.32. The highest BCUT2D eigenvalue weighted by Crippen LogP contribution is 2.26. The van der Waals surface area contributed by atoms with Gasteiger partial charge in [0, 0.05) is 49.4 Å². The standard InChI is InChI=1S/C13H21N3O2S/c1-4-5-14-11-8-12(15(2)6-7-19-3)10-13(9-11)16(17)18/h8-10,14H,4-7H2,1-3H3. The highest BCUT2D eigenvalue weighted by molar-refractivity contribution is 7.98. The van der Waals surface area contributed by atoms with Gasteiger partial charge in [-0.1, -0.05) is 6.92 Å². The van der Waals surface area contributed by atoms with Crippen molar-refractivity contribution >= 4 is 28.8 Å². The van der Waals surface area contributed by atoms with E-state index >= 15 is 0 Å². The van der Waals surface area contributed by atoms with Crippen molar-refractivity contribution in [3.63, 3.8) is 0 Å². The van der Waals surface area contributed by atoms with Gasteiger partial charge in [0.05, 0.1) is 4.92 Å². The number of rotatable bonds is 8. The van der Waals surface area contributed by atoms with Gasteiger partial charge in [-0.15, -0.1) is 0 Å². The largest absolute Gasteiger partial charge is 0.385 e. The third-order valence-corrected chi connectivity index (χ3v) is 3.35. The average molecular weight is 283 g/mol. The summed E-state index contributed by atoms with van der Waals surface area (Å²) in [7, 11) is 1.96. The van der Waals surface area contributed by atoms with Crippen LogP contribution < -0.4 is 10.2 Å². The summed E-state index contributed by atoms with van der Waals surface area (Å²) >= 11 is 1.76. The van der Waals surface area contributed by atoms with Crippen molar-refractivity contribution in [3.8, 4) is 0 Å². The SMILES string of the molecule is CCCNc1cc(N(C)CCSC)cc([N+](=O)[O-])c1. The normalized spacial score (nSPS) is 10.3. The van der Waals surface area contributed by atoms with E-state index < -0.39 is 0 Å². The Hall–Kier alpha value is -1.43. The second-order valence-electron chi connectivity index (χ2n) is 4.34. The lowest BCUT2D eigenvalue weighted by Crippen LogP contribution is -2.20. The van der Waals surface area contributed by atoms with Gasteiger partial charge in [0.15, 0.2) is 0 Å². The number of hydrogen-bond donors (Lipinski definition) is 1. The first kappa shape index (κ1) is 15.6. The number of benzene rings is 1. The molecular formula is C13H21N3O2S. The van der Waals surface area contributed by atoms with Crippen LogP contribution in [-0.2, 0) is 0 Å². The highest BCUT2D eigenvalue weighted by atomic mass is 32.2. The second kappa shape index (κ2) is 7.89. The van der Waals surface area contributed by atoms with Gasteiger partial charge in [0.1, 0.15) is 0 Å². The van der Waals surface area contributed by atoms with E-state index in [-0.39, 0.29) is 10.6 Å². The molecule has 0 radical (unpaired) electrons. The van der Waals surface area contributed by atoms with E-state index in [4.69, 9.17) is 0 Å². The molecule has 5 nitrogen and oxygen atoms in total. The Kier molecular flexibility index (Phi) is 6.49. The number of hydrogen-bond acceptors (Lipinski definition) is 5. The van der Waals surface area contributed by atoms with Crippen molar-refractivity contribution in [2.45, 2.75) is 13.3 Å². The first-order chi connectivity index (χ1) is 9.08. The molecule has 0 spiro atoms. The average Bonchev–Trinajstić information content (AvgIpc) is 2.42. The summed E-state index contributed by atoms with van der Waals surface area (Å²) in [5.41, 5.74) is 1.82. The van der Waals surface area contributed by atoms with Crippen LogP contribution in [0.2, 0.25) is 0 Å². The molecule has 0 atom stereocenters. The molecule has 0 aliphatic carbocycles. The van der Waals surface area contributed by atoms with E-state index in [2.05, 4.69) is 18.5 Å². The van der Waals surface area contributed by atoms with Crippen LogP contribution >= 0.6 is 11.8 Å². The van der Waals surface area contributed by atoms with E-state index in [0.717, 1.165) is 36.6 Å². The number of nitrogens with one attached hydrogen (secondary N) is 1. The van der Waals surface area contributed by atoms with Gasteiger partial charge < -0.3 is 10.2 Å². The number of nitro benzene ring substituents is 1. The van der Waals surface area contributed by atoms with Crippen molar-refractivity contribution in [1.29, 1.82) is 0 Å². The maximum atomic E-state index is 11.0. The summed E-state index contributed by atoms with van der Waals surface area (Å²) in [5, 5.41) is 14.2. The summed E-state index contributed by atoms with van der Waals surface area (Å²) < 4.78 is 0. The zero-order valence-electron chi connectivity index (χ0n) is 11.7. The fourth-order valence-electron chi connectivity index (χ4n) is 1.65. The van der Waals surface area contributed by atoms with Crippen LogP contribution in [0, 0.1) is 10.1 Å². The summed E-state index contributed by atoms with van der Waals surface area (Å²) in [6.07, 6.45) is 3.04. The summed E-state index contributed by atoms with van der Waals surface area (Å²) in [4.78, 5) is 12.7. The van der Waals surface area contributed by atoms with Gasteiger partial charge in [0.2, 0.25) is 0 Å². The smallest absolute Gasteiger partial charge is 0.273 e. The Bertz CT molecular complexity index is 426. The molecule has 0 bridgehead atoms. The predicted octanol–water partition coefficient (Wildman–Crippen LogP) is 3.22. The zero-order valence-corrected chi connectivity index (χ0v) is 12.5. The molecule has 106 valence electrons. The molecule has 0 aliphatic rings. The Morgan fingerprint density at radius 1 is 1.42 bits per heavy atom. The van der Waals surface area contributed by atoms with Crippen LogP contribution in [0.1, 0.15) is 13.3 Å². The van der Waals surface area contributed by atoms with Crippen molar-refractivity contribution < 1.29 is 4.92 Å². The lowest BCUT2D eigenvalue weighted by molar-refractivity contribution is -0.384. The topological polar surface area (TPSA) is 58.4 Å². The van der Waals surface area contributed by atoms with Crippen molar-refractivity contribution in [2.75, 3.05) is 42.4 Å². The Balaban J connectivity index is 2.94. The highest BCUT2D eigenvalue weighted by Gasteiger charge is 2.12. The zero-order chi connectivity index (χ0) is 14.3. The Morgan fingerprint density at radius 3 is 2.74 bits per heavy atom. The van der Waals surface area contributed by atoms with E-state index in [0.29, 0.717) is 0 Å². The minimum atomic E-state index is -0.344. The molecule has 1 rings (SSSR count). The van der Waals surface area contributed by atoms with Gasteiger partial charge in [-0.3, -0.25) is 10.1 Å². The Morgan fingerprint density at radius 2 is 2.16 bits per heavy atom. The molecule has 0 aliphatic heterocycles. The van der Waals surface area contributed by atoms with Crippen LogP contribution in [0.15, 0.2) is 18.2 Å². The lowest BCUT2D eigenvalue weighted by atomic mass is 10.2. The third kappa shape index (κ3) is 4.98. The number of nitro groups is 1. The molecule has 0 amide bonds. The third-order valence-electron chi connectivity index (χ3n) is 2.76. The maximum absolute atomic E-state index is 11.0. The molecule has 0 saturated carbocycles. The molecule has 19 heavy (non-hydrogen) atoms. The van der Waals surface area contributed by atoms with Gasteiger partial charge in [-0.05, 0) is 18.7 Å². The number of thioether (sulfide) groups is 1. The van der Waals surface area contributed by atoms with Crippen LogP contribution in [0.25, 0.3) is 0 Å². The Labute approximate surface area is 118 Å². The number of anilines is 2. The van der Waals surface area contributed by atoms with E-state index in [9.17, 15) is 10.1 Å². The molecular weight excluding hydrogens is 262 g/mol. The molecule has 1 aromatic rings. The lowest BCUT2D eigenvalue weighted by Gasteiger charge is -2.19. The van der Waals surface area contributed by atoms with Crippen molar-refractivity contribution in [1.82, 2.24) is 0 Å². The van der Waals surface area contributed by atoms with Crippen molar-refractivity contribution in [2.24, 2.45) is 0 Å². The fourth-order valence-corrected chi connectivity index (χ4v) is 2.11. The predicted molar refractivity (Wildman–Crippen MR) is 83.5 cm³/mol. The van der Waals surface area contributed by atoms with Crippen LogP contribution in [0.3, 0.4) is 0 Å². The van der Waals surface area contributed by atoms with Gasteiger partial charge in [-0.25, -0.2) is 0 Å². The number of non-ortho nitro benzene ring substituents is 1. The molecule has 0 saturated heterocycles. The minimum absolute atomic E-state index is 0.132. The number of nitrogens with zero attached hydrogens (tertiary/aromatic N) is 2. The first-order valence-electron chi connectivity index (χ1n) is 6.32. The fraction of sp³-hybridized carbons (Fsp3) is 0.538. The summed E-state index contributed by atoms with van der Waals surface area (Å²) in [6, 6.07) is 5.17. The van der Waals surface area contributed by atoms with Crippen molar-refractivity contribution in [3.05, 3.63) is 28.3 Å². The van der Waals surface area contributed by atoms with E-state index in [1.165, 1.54) is 0 Å². The van der Waals surface area contributed by atoms with Crippen LogP contribution in [0.4, 0.5) is 17.1 Å². The quantitative estimate of drug-likeness (QED) is 0.586. The van der Waals surface area contributed by atoms with Gasteiger partial charge >= 0.3 is 0 Å². The van der Waals surface area contributed by atoms with E-state index in [1.807, 2.05) is 18.0 Å². The maximum Gasteiger partial charge on any atom is 0.273 e. The molecule has 0 heterocycles. The molecule has 1 aromatic carbocycles. The summed E-state index contributed by atoms with van der Waals surface area (Å²) in [5.74, 6) is 0.997. The minimum Gasteiger partial charge on any atom is -0.385 e. The van der Waals surface area contributed by atoms with E-state index in [1.54, 1.807) is 23.9 Å². The summed E-state index contributed by atoms with van der Waals surface area (Å²) in [6.45, 7) is 3.75. The van der Waals surface area contributed by atoms with Crippen LogP contribution in [0.5, 0.6) is 0 Å².